The maximum absolute atomic E-state index is 12.0. The molecule has 19 heavy (non-hydrogen) atoms. The molecule has 0 aliphatic carbocycles. The highest BCUT2D eigenvalue weighted by Crippen LogP contribution is 2.21. The summed E-state index contributed by atoms with van der Waals surface area (Å²) in [6.45, 7) is 3.54. The molecule has 0 fully saturated rings. The van der Waals surface area contributed by atoms with Gasteiger partial charge < -0.3 is 5.32 Å². The molecule has 0 aromatic carbocycles. The van der Waals surface area contributed by atoms with Gasteiger partial charge in [0.15, 0.2) is 0 Å². The largest absolute Gasteiger partial charge is 0.319 e. The van der Waals surface area contributed by atoms with E-state index in [1.54, 1.807) is 6.07 Å². The van der Waals surface area contributed by atoms with Crippen LogP contribution in [0.2, 0.25) is 0 Å². The van der Waals surface area contributed by atoms with E-state index in [2.05, 4.69) is 17.0 Å². The number of unbranched alkanes of at least 4 members (excludes halogenated alkanes) is 3. The topological polar surface area (TPSA) is 58.2 Å². The van der Waals surface area contributed by atoms with Gasteiger partial charge in [-0.3, -0.25) is 0 Å². The van der Waals surface area contributed by atoms with E-state index in [1.807, 2.05) is 13.1 Å². The van der Waals surface area contributed by atoms with Crippen molar-refractivity contribution in [2.24, 2.45) is 0 Å². The van der Waals surface area contributed by atoms with E-state index in [9.17, 15) is 8.42 Å². The summed E-state index contributed by atoms with van der Waals surface area (Å²) in [5.41, 5.74) is 0. The van der Waals surface area contributed by atoms with Crippen LogP contribution in [0, 0.1) is 0 Å². The fourth-order valence-electron chi connectivity index (χ4n) is 1.71. The first-order valence-electron chi connectivity index (χ1n) is 6.83. The lowest BCUT2D eigenvalue weighted by Gasteiger charge is -2.04. The maximum Gasteiger partial charge on any atom is 0.250 e. The summed E-state index contributed by atoms with van der Waals surface area (Å²) in [5.74, 6) is 0. The Bertz CT molecular complexity index is 455. The average molecular weight is 304 g/mol. The minimum absolute atomic E-state index is 0.425. The van der Waals surface area contributed by atoms with Crippen LogP contribution in [0.1, 0.15) is 37.5 Å². The summed E-state index contributed by atoms with van der Waals surface area (Å²) in [5, 5.41) is 3.06. The lowest BCUT2D eigenvalue weighted by molar-refractivity contribution is 0.575. The van der Waals surface area contributed by atoms with Gasteiger partial charge in [0.1, 0.15) is 4.21 Å². The molecule has 4 nitrogen and oxygen atoms in total. The van der Waals surface area contributed by atoms with Gasteiger partial charge in [0.05, 0.1) is 0 Å². The molecule has 0 saturated heterocycles. The van der Waals surface area contributed by atoms with Gasteiger partial charge in [0.25, 0.3) is 0 Å². The van der Waals surface area contributed by atoms with Crippen molar-refractivity contribution in [3.63, 3.8) is 0 Å². The van der Waals surface area contributed by atoms with E-state index in [-0.39, 0.29) is 0 Å². The van der Waals surface area contributed by atoms with Crippen LogP contribution in [0.3, 0.4) is 0 Å². The molecule has 0 unspecified atom stereocenters. The second kappa shape index (κ2) is 8.68. The molecule has 1 rings (SSSR count). The fraction of sp³-hybridized carbons (Fsp3) is 0.692. The molecular weight excluding hydrogens is 280 g/mol. The molecule has 0 aliphatic heterocycles. The lowest BCUT2D eigenvalue weighted by atomic mass is 10.2. The Labute approximate surface area is 120 Å². The molecule has 1 aromatic rings. The predicted octanol–water partition coefficient (Wildman–Crippen LogP) is 2.37. The Morgan fingerprint density at radius 2 is 1.95 bits per heavy atom. The Morgan fingerprint density at radius 3 is 2.63 bits per heavy atom. The molecule has 110 valence electrons. The molecular formula is C13H24N2O2S2. The second-order valence-corrected chi connectivity index (χ2v) is 7.69. The monoisotopic (exact) mass is 304 g/mol. The van der Waals surface area contributed by atoms with E-state index in [0.29, 0.717) is 10.8 Å². The van der Waals surface area contributed by atoms with Crippen molar-refractivity contribution < 1.29 is 8.42 Å². The molecule has 0 radical (unpaired) electrons. The normalized spacial score (nSPS) is 11.9. The zero-order chi connectivity index (χ0) is 14.1. The van der Waals surface area contributed by atoms with Crippen LogP contribution in [-0.4, -0.2) is 28.6 Å². The molecule has 1 heterocycles. The third kappa shape index (κ3) is 6.03. The molecule has 0 saturated carbocycles. The Balaban J connectivity index is 2.45. The van der Waals surface area contributed by atoms with Crippen molar-refractivity contribution in [1.82, 2.24) is 10.0 Å². The van der Waals surface area contributed by atoms with Crippen LogP contribution in [-0.2, 0) is 16.4 Å². The fourth-order valence-corrected chi connectivity index (χ4v) is 4.19. The standard InChI is InChI=1S/C13H24N2O2S2/c1-3-4-5-6-10-15-19(16,17)13-8-7-12(18-13)9-11-14-2/h7-8,14-15H,3-6,9-11H2,1-2H3. The minimum atomic E-state index is -3.30. The second-order valence-electron chi connectivity index (χ2n) is 4.53. The quantitative estimate of drug-likeness (QED) is 0.653. The first-order chi connectivity index (χ1) is 9.10. The summed E-state index contributed by atoms with van der Waals surface area (Å²) in [7, 11) is -1.41. The number of hydrogen-bond donors (Lipinski definition) is 2. The third-order valence-electron chi connectivity index (χ3n) is 2.85. The van der Waals surface area contributed by atoms with Crippen LogP contribution in [0.4, 0.5) is 0 Å². The van der Waals surface area contributed by atoms with Crippen molar-refractivity contribution >= 4 is 21.4 Å². The van der Waals surface area contributed by atoms with Crippen LogP contribution < -0.4 is 10.0 Å². The van der Waals surface area contributed by atoms with E-state index >= 15 is 0 Å². The zero-order valence-electron chi connectivity index (χ0n) is 11.7. The molecule has 0 atom stereocenters. The Morgan fingerprint density at radius 1 is 1.16 bits per heavy atom. The van der Waals surface area contributed by atoms with Crippen molar-refractivity contribution in [2.75, 3.05) is 20.1 Å². The highest BCUT2D eigenvalue weighted by molar-refractivity contribution is 7.91. The molecule has 0 spiro atoms. The van der Waals surface area contributed by atoms with Crippen LogP contribution in [0.25, 0.3) is 0 Å². The van der Waals surface area contributed by atoms with Crippen molar-refractivity contribution in [2.45, 2.75) is 43.2 Å². The Hall–Kier alpha value is -0.430. The minimum Gasteiger partial charge on any atom is -0.319 e. The maximum atomic E-state index is 12.0. The van der Waals surface area contributed by atoms with E-state index < -0.39 is 10.0 Å². The van der Waals surface area contributed by atoms with Gasteiger partial charge in [-0.05, 0) is 38.6 Å². The smallest absolute Gasteiger partial charge is 0.250 e. The SMILES string of the molecule is CCCCCCNS(=O)(=O)c1ccc(CCNC)s1. The Kier molecular flexibility index (Phi) is 7.60. The van der Waals surface area contributed by atoms with Gasteiger partial charge in [-0.1, -0.05) is 26.2 Å². The predicted molar refractivity (Wildman–Crippen MR) is 81.3 cm³/mol. The summed E-state index contributed by atoms with van der Waals surface area (Å²) < 4.78 is 27.2. The van der Waals surface area contributed by atoms with E-state index in [1.165, 1.54) is 11.3 Å². The first kappa shape index (κ1) is 16.6. The highest BCUT2D eigenvalue weighted by atomic mass is 32.2. The van der Waals surface area contributed by atoms with Gasteiger partial charge in [0, 0.05) is 11.4 Å². The number of rotatable bonds is 10. The van der Waals surface area contributed by atoms with Gasteiger partial charge >= 0.3 is 0 Å². The molecule has 0 aliphatic rings. The van der Waals surface area contributed by atoms with Gasteiger partial charge in [0.2, 0.25) is 10.0 Å². The number of thiophene rings is 1. The van der Waals surface area contributed by atoms with Crippen LogP contribution in [0.15, 0.2) is 16.3 Å². The van der Waals surface area contributed by atoms with Gasteiger partial charge in [-0.2, -0.15) is 0 Å². The van der Waals surface area contributed by atoms with E-state index in [0.717, 1.165) is 43.5 Å². The molecule has 2 N–H and O–H groups in total. The zero-order valence-corrected chi connectivity index (χ0v) is 13.4. The third-order valence-corrected chi connectivity index (χ3v) is 5.94. The summed E-state index contributed by atoms with van der Waals surface area (Å²) in [6.07, 6.45) is 5.18. The number of hydrogen-bond acceptors (Lipinski definition) is 4. The summed E-state index contributed by atoms with van der Waals surface area (Å²) >= 11 is 1.36. The van der Waals surface area contributed by atoms with E-state index in [4.69, 9.17) is 0 Å². The number of sulfonamides is 1. The number of likely N-dealkylation sites (N-methyl/N-ethyl adjacent to an activating group) is 1. The van der Waals surface area contributed by atoms with Gasteiger partial charge in [-0.25, -0.2) is 13.1 Å². The van der Waals surface area contributed by atoms with Crippen molar-refractivity contribution in [1.29, 1.82) is 0 Å². The summed E-state index contributed by atoms with van der Waals surface area (Å²) in [6, 6.07) is 3.59. The van der Waals surface area contributed by atoms with Crippen molar-refractivity contribution in [3.8, 4) is 0 Å². The average Bonchev–Trinajstić information content (AvgIpc) is 2.85. The highest BCUT2D eigenvalue weighted by Gasteiger charge is 2.15. The van der Waals surface area contributed by atoms with Crippen molar-refractivity contribution in [3.05, 3.63) is 17.0 Å². The van der Waals surface area contributed by atoms with Crippen LogP contribution in [0.5, 0.6) is 0 Å². The molecule has 0 amide bonds. The molecule has 6 heteroatoms. The van der Waals surface area contributed by atoms with Gasteiger partial charge in [-0.15, -0.1) is 11.3 Å². The molecule has 0 bridgehead atoms. The lowest BCUT2D eigenvalue weighted by Crippen LogP contribution is -2.23. The van der Waals surface area contributed by atoms with Crippen LogP contribution >= 0.6 is 11.3 Å². The summed E-state index contributed by atoms with van der Waals surface area (Å²) in [4.78, 5) is 1.10. The number of nitrogens with one attached hydrogen (secondary N) is 2. The first-order valence-corrected chi connectivity index (χ1v) is 9.13. The molecule has 1 aromatic heterocycles.